The Bertz CT molecular complexity index is 408. The molecular weight excluding hydrogens is 475 g/mol. The number of hydrogen-bond acceptors (Lipinski definition) is 4. The summed E-state index contributed by atoms with van der Waals surface area (Å²) in [6.07, 6.45) is 0. The first-order chi connectivity index (χ1) is 6.83. The van der Waals surface area contributed by atoms with Gasteiger partial charge >= 0.3 is 0 Å². The third-order valence-corrected chi connectivity index (χ3v) is 9.95. The summed E-state index contributed by atoms with van der Waals surface area (Å²) in [6, 6.07) is 0. The minimum Gasteiger partial charge on any atom is -0.229 e. The van der Waals surface area contributed by atoms with Crippen molar-refractivity contribution < 1.29 is 16.8 Å². The predicted molar refractivity (Wildman–Crippen MR) is 75.4 cm³/mol. The van der Waals surface area contributed by atoms with Crippen molar-refractivity contribution in [1.29, 1.82) is 0 Å². The second kappa shape index (κ2) is 4.63. The maximum Gasteiger partial charge on any atom is 0.155 e. The zero-order valence-electron chi connectivity index (χ0n) is 7.79. The van der Waals surface area contributed by atoms with Crippen LogP contribution in [0.4, 0.5) is 0 Å². The summed E-state index contributed by atoms with van der Waals surface area (Å²) in [5, 5.41) is 0. The lowest BCUT2D eigenvalue weighted by molar-refractivity contribution is 0.576. The molecule has 0 radical (unpaired) electrons. The van der Waals surface area contributed by atoms with E-state index in [0.717, 1.165) is 0 Å². The quantitative estimate of drug-likeness (QED) is 0.492. The Morgan fingerprint density at radius 1 is 0.812 bits per heavy atom. The van der Waals surface area contributed by atoms with Crippen molar-refractivity contribution in [3.8, 4) is 0 Å². The van der Waals surface area contributed by atoms with Gasteiger partial charge in [0.2, 0.25) is 0 Å². The monoisotopic (exact) mass is 480 g/mol. The molecule has 10 heteroatoms. The van der Waals surface area contributed by atoms with Crippen LogP contribution in [0.5, 0.6) is 0 Å². The molecular formula is C6H8Br3ClO4S2. The van der Waals surface area contributed by atoms with E-state index in [4.69, 9.17) is 11.6 Å². The fourth-order valence-corrected chi connectivity index (χ4v) is 10.9. The summed E-state index contributed by atoms with van der Waals surface area (Å²) in [5.74, 6) is 0.531. The number of sulfone groups is 2. The maximum atomic E-state index is 10.4. The molecule has 0 atom stereocenters. The maximum absolute atomic E-state index is 10.4. The van der Waals surface area contributed by atoms with Crippen LogP contribution in [-0.4, -0.2) is 46.9 Å². The highest BCUT2D eigenvalue weighted by Crippen LogP contribution is 2.38. The van der Waals surface area contributed by atoms with E-state index >= 15 is 0 Å². The number of halogens is 4. The molecule has 2 saturated heterocycles. The van der Waals surface area contributed by atoms with Gasteiger partial charge in [0.15, 0.2) is 19.7 Å². The van der Waals surface area contributed by atoms with Gasteiger partial charge in [-0.25, -0.2) is 16.8 Å². The minimum atomic E-state index is -2.77. The summed E-state index contributed by atoms with van der Waals surface area (Å²) in [6.45, 7) is 0. The number of rotatable bonds is 0. The molecule has 2 fully saturated rings. The third-order valence-electron chi connectivity index (χ3n) is 1.72. The molecule has 2 aliphatic rings. The Morgan fingerprint density at radius 3 is 1.12 bits per heavy atom. The lowest BCUT2D eigenvalue weighted by atomic mass is 10.5. The van der Waals surface area contributed by atoms with Gasteiger partial charge in [-0.1, -0.05) is 47.8 Å². The van der Waals surface area contributed by atoms with Crippen LogP contribution in [0, 0.1) is 0 Å². The van der Waals surface area contributed by atoms with Crippen LogP contribution in [-0.2, 0) is 19.7 Å². The van der Waals surface area contributed by atoms with E-state index in [1.807, 2.05) is 0 Å². The van der Waals surface area contributed by atoms with E-state index in [2.05, 4.69) is 47.8 Å². The first kappa shape index (κ1) is 15.7. The molecule has 0 aromatic heterocycles. The summed E-state index contributed by atoms with van der Waals surface area (Å²) in [5.41, 5.74) is 0. The fraction of sp³-hybridized carbons (Fsp3) is 1.00. The molecule has 0 aromatic rings. The molecule has 0 unspecified atom stereocenters. The molecule has 0 amide bonds. The van der Waals surface area contributed by atoms with Crippen LogP contribution in [0.1, 0.15) is 0 Å². The normalized spacial score (nSPS) is 31.2. The number of alkyl halides is 4. The molecule has 16 heavy (non-hydrogen) atoms. The lowest BCUT2D eigenvalue weighted by Gasteiger charge is -2.28. The molecule has 4 nitrogen and oxygen atoms in total. The van der Waals surface area contributed by atoms with Gasteiger partial charge in [0.05, 0.1) is 23.0 Å². The number of hydrogen-bond donors (Lipinski definition) is 0. The van der Waals surface area contributed by atoms with Crippen molar-refractivity contribution >= 4 is 79.1 Å². The standard InChI is InChI=1S/C3H4Br2O2S.C3H4BrClO2S/c2*4-3(5)1-8(6,7)2-3/h2*1-2H2. The first-order valence-corrected chi connectivity index (χ1v) is 10.4. The smallest absolute Gasteiger partial charge is 0.155 e. The molecule has 0 aromatic carbocycles. The van der Waals surface area contributed by atoms with Crippen LogP contribution in [0.2, 0.25) is 0 Å². The van der Waals surface area contributed by atoms with E-state index in [-0.39, 0.29) is 26.2 Å². The largest absolute Gasteiger partial charge is 0.229 e. The van der Waals surface area contributed by atoms with Gasteiger partial charge in [0, 0.05) is 0 Å². The molecule has 0 aliphatic carbocycles. The predicted octanol–water partition coefficient (Wildman–Crippen LogP) is 1.65. The molecule has 96 valence electrons. The van der Waals surface area contributed by atoms with Gasteiger partial charge in [0.1, 0.15) is 7.02 Å². The molecule has 2 rings (SSSR count). The summed E-state index contributed by atoms with van der Waals surface area (Å²) >= 11 is 14.9. The van der Waals surface area contributed by atoms with Gasteiger partial charge in [-0.05, 0) is 0 Å². The lowest BCUT2D eigenvalue weighted by Crippen LogP contribution is -2.45. The fourth-order valence-electron chi connectivity index (χ4n) is 1.20. The Labute approximate surface area is 125 Å². The third kappa shape index (κ3) is 5.09. The van der Waals surface area contributed by atoms with E-state index < -0.39 is 23.5 Å². The van der Waals surface area contributed by atoms with E-state index in [1.165, 1.54) is 0 Å². The van der Waals surface area contributed by atoms with E-state index in [1.54, 1.807) is 0 Å². The van der Waals surface area contributed by atoms with Crippen LogP contribution in [0.3, 0.4) is 0 Å². The minimum absolute atomic E-state index is 0.0571. The Balaban J connectivity index is 0.000000160. The van der Waals surface area contributed by atoms with Crippen molar-refractivity contribution in [2.75, 3.05) is 23.0 Å². The second-order valence-electron chi connectivity index (χ2n) is 3.78. The van der Waals surface area contributed by atoms with Crippen molar-refractivity contribution in [3.05, 3.63) is 0 Å². The van der Waals surface area contributed by atoms with Gasteiger partial charge in [-0.2, -0.15) is 0 Å². The Kier molecular flexibility index (Phi) is 4.54. The highest BCUT2D eigenvalue weighted by Gasteiger charge is 2.45. The van der Waals surface area contributed by atoms with Crippen LogP contribution in [0.25, 0.3) is 0 Å². The average Bonchev–Trinajstić information content (AvgIpc) is 1.71. The van der Waals surface area contributed by atoms with Crippen LogP contribution >= 0.6 is 59.4 Å². The van der Waals surface area contributed by atoms with Crippen molar-refractivity contribution in [2.45, 2.75) is 7.02 Å². The highest BCUT2D eigenvalue weighted by atomic mass is 79.9. The SMILES string of the molecule is O=S1(=O)CC(Br)(Br)C1.O=S1(=O)CC(Cl)(Br)C1. The molecule has 2 heterocycles. The van der Waals surface area contributed by atoms with Crippen molar-refractivity contribution in [1.82, 2.24) is 0 Å². The average molecular weight is 483 g/mol. The molecule has 0 spiro atoms. The first-order valence-electron chi connectivity index (χ1n) is 3.99. The Hall–Kier alpha value is 1.63. The van der Waals surface area contributed by atoms with E-state index in [0.29, 0.717) is 0 Å². The van der Waals surface area contributed by atoms with Gasteiger partial charge in [-0.15, -0.1) is 11.6 Å². The van der Waals surface area contributed by atoms with Crippen LogP contribution < -0.4 is 0 Å². The van der Waals surface area contributed by atoms with Crippen molar-refractivity contribution in [3.63, 3.8) is 0 Å². The Morgan fingerprint density at radius 2 is 1.12 bits per heavy atom. The summed E-state index contributed by atoms with van der Waals surface area (Å²) in [4.78, 5) is 0. The van der Waals surface area contributed by atoms with Crippen LogP contribution in [0.15, 0.2) is 0 Å². The van der Waals surface area contributed by atoms with E-state index in [9.17, 15) is 16.8 Å². The summed E-state index contributed by atoms with van der Waals surface area (Å²) in [7, 11) is -5.45. The summed E-state index contributed by atoms with van der Waals surface area (Å²) < 4.78 is 40.7. The van der Waals surface area contributed by atoms with Gasteiger partial charge < -0.3 is 0 Å². The molecule has 2 aliphatic heterocycles. The molecule has 0 N–H and O–H groups in total. The highest BCUT2D eigenvalue weighted by molar-refractivity contribution is 9.25. The van der Waals surface area contributed by atoms with Gasteiger partial charge in [-0.3, -0.25) is 0 Å². The van der Waals surface area contributed by atoms with Crippen molar-refractivity contribution in [2.24, 2.45) is 0 Å². The zero-order valence-corrected chi connectivity index (χ0v) is 14.9. The second-order valence-corrected chi connectivity index (χ2v) is 14.7. The van der Waals surface area contributed by atoms with Gasteiger partial charge in [0.25, 0.3) is 0 Å². The molecule has 0 saturated carbocycles. The zero-order chi connectivity index (χ0) is 12.8. The molecule has 0 bridgehead atoms. The topological polar surface area (TPSA) is 68.3 Å².